The van der Waals surface area contributed by atoms with E-state index in [0.717, 1.165) is 22.5 Å². The first-order valence-corrected chi connectivity index (χ1v) is 5.04. The molecule has 4 heteroatoms. The Morgan fingerprint density at radius 3 is 2.58 bits per heavy atom. The number of rotatable bonds is 3. The molecule has 0 N–H and O–H groups in total. The molecule has 0 unspecified atom stereocenters. The smallest absolute Gasteiger partial charge is 0.159 e. The summed E-state index contributed by atoms with van der Waals surface area (Å²) in [5.74, 6) is -0.0675. The highest BCUT2D eigenvalue weighted by Crippen LogP contribution is 2.20. The van der Waals surface area contributed by atoms with Crippen molar-refractivity contribution in [3.8, 4) is 0 Å². The summed E-state index contributed by atoms with van der Waals surface area (Å²) in [4.78, 5) is 0.739. The highest BCUT2D eigenvalue weighted by molar-refractivity contribution is 8.00. The van der Waals surface area contributed by atoms with Crippen molar-refractivity contribution < 1.29 is 8.78 Å². The van der Waals surface area contributed by atoms with Gasteiger partial charge in [0, 0.05) is 10.6 Å². The molecule has 0 amide bonds. The van der Waals surface area contributed by atoms with Gasteiger partial charge in [0.2, 0.25) is 0 Å². The maximum absolute atomic E-state index is 12.6. The van der Waals surface area contributed by atoms with Crippen molar-refractivity contribution in [1.29, 1.82) is 0 Å². The Labute approximate surface area is 79.8 Å². The minimum absolute atomic E-state index is 0.726. The molecule has 0 radical (unpaired) electrons. The van der Waals surface area contributed by atoms with Gasteiger partial charge in [-0.2, -0.15) is 12.6 Å². The van der Waals surface area contributed by atoms with Crippen molar-refractivity contribution >= 4 is 24.4 Å². The number of hydrogen-bond acceptors (Lipinski definition) is 2. The minimum atomic E-state index is -0.801. The molecule has 1 rings (SSSR count). The molecular formula is C8H8F2S2. The molecule has 0 saturated heterocycles. The molecule has 12 heavy (non-hydrogen) atoms. The van der Waals surface area contributed by atoms with E-state index in [1.54, 1.807) is 6.07 Å². The van der Waals surface area contributed by atoms with E-state index in [1.165, 1.54) is 17.8 Å². The molecule has 0 saturated carbocycles. The molecule has 0 nitrogen and oxygen atoms in total. The number of benzene rings is 1. The molecule has 0 atom stereocenters. The highest BCUT2D eigenvalue weighted by Gasteiger charge is 2.01. The summed E-state index contributed by atoms with van der Waals surface area (Å²) >= 11 is 5.47. The van der Waals surface area contributed by atoms with Gasteiger partial charge in [0.05, 0.1) is 0 Å². The normalized spacial score (nSPS) is 10.2. The van der Waals surface area contributed by atoms with E-state index in [-0.39, 0.29) is 0 Å². The summed E-state index contributed by atoms with van der Waals surface area (Å²) in [7, 11) is 0. The molecule has 66 valence electrons. The minimum Gasteiger partial charge on any atom is -0.204 e. The zero-order valence-corrected chi connectivity index (χ0v) is 7.97. The van der Waals surface area contributed by atoms with E-state index in [9.17, 15) is 8.78 Å². The van der Waals surface area contributed by atoms with Crippen LogP contribution in [0, 0.1) is 11.6 Å². The van der Waals surface area contributed by atoms with Crippen LogP contribution in [0.25, 0.3) is 0 Å². The first kappa shape index (κ1) is 9.86. The molecular weight excluding hydrogens is 198 g/mol. The molecule has 0 aliphatic carbocycles. The van der Waals surface area contributed by atoms with Gasteiger partial charge in [-0.15, -0.1) is 11.8 Å². The monoisotopic (exact) mass is 206 g/mol. The van der Waals surface area contributed by atoms with Crippen molar-refractivity contribution in [2.24, 2.45) is 0 Å². The third kappa shape index (κ3) is 2.68. The Hall–Kier alpha value is -0.220. The molecule has 0 aliphatic heterocycles. The number of halogens is 2. The van der Waals surface area contributed by atoms with Crippen LogP contribution in [0.2, 0.25) is 0 Å². The summed E-state index contributed by atoms with van der Waals surface area (Å²) in [6, 6.07) is 3.89. The highest BCUT2D eigenvalue weighted by atomic mass is 32.2. The lowest BCUT2D eigenvalue weighted by Gasteiger charge is -1.99. The molecule has 0 spiro atoms. The van der Waals surface area contributed by atoms with Crippen LogP contribution in [0.4, 0.5) is 8.78 Å². The Bertz CT molecular complexity index is 263. The maximum Gasteiger partial charge on any atom is 0.159 e. The van der Waals surface area contributed by atoms with Gasteiger partial charge in [-0.1, -0.05) is 0 Å². The van der Waals surface area contributed by atoms with Crippen molar-refractivity contribution in [1.82, 2.24) is 0 Å². The fourth-order valence-electron chi connectivity index (χ4n) is 0.730. The predicted molar refractivity (Wildman–Crippen MR) is 50.9 cm³/mol. The lowest BCUT2D eigenvalue weighted by Crippen LogP contribution is -1.85. The van der Waals surface area contributed by atoms with Gasteiger partial charge in [-0.25, -0.2) is 8.78 Å². The van der Waals surface area contributed by atoms with Crippen LogP contribution in [0.3, 0.4) is 0 Å². The number of hydrogen-bond donors (Lipinski definition) is 1. The summed E-state index contributed by atoms with van der Waals surface area (Å²) in [5, 5.41) is 0. The fraction of sp³-hybridized carbons (Fsp3) is 0.250. The van der Waals surface area contributed by atoms with Crippen LogP contribution in [0.5, 0.6) is 0 Å². The molecule has 0 heterocycles. The third-order valence-electron chi connectivity index (χ3n) is 1.25. The average molecular weight is 206 g/mol. The summed E-state index contributed by atoms with van der Waals surface area (Å²) in [6.45, 7) is 0. The first-order valence-electron chi connectivity index (χ1n) is 3.43. The fourth-order valence-corrected chi connectivity index (χ4v) is 1.68. The van der Waals surface area contributed by atoms with Gasteiger partial charge < -0.3 is 0 Å². The van der Waals surface area contributed by atoms with E-state index in [1.807, 2.05) is 0 Å². The topological polar surface area (TPSA) is 0 Å². The van der Waals surface area contributed by atoms with Crippen molar-refractivity contribution in [2.45, 2.75) is 4.90 Å². The van der Waals surface area contributed by atoms with E-state index < -0.39 is 11.6 Å². The second-order valence-corrected chi connectivity index (χ2v) is 3.76. The Balaban J connectivity index is 2.69. The number of thioether (sulfide) groups is 1. The largest absolute Gasteiger partial charge is 0.204 e. The first-order chi connectivity index (χ1) is 5.74. The SMILES string of the molecule is Fc1ccc(SCCS)cc1F. The van der Waals surface area contributed by atoms with E-state index in [2.05, 4.69) is 12.6 Å². The van der Waals surface area contributed by atoms with Crippen molar-refractivity contribution in [3.05, 3.63) is 29.8 Å². The van der Waals surface area contributed by atoms with E-state index in [4.69, 9.17) is 0 Å². The second-order valence-electron chi connectivity index (χ2n) is 2.15. The van der Waals surface area contributed by atoms with Crippen LogP contribution < -0.4 is 0 Å². The number of thiol groups is 1. The summed E-state index contributed by atoms with van der Waals surface area (Å²) < 4.78 is 25.0. The van der Waals surface area contributed by atoms with Gasteiger partial charge in [0.25, 0.3) is 0 Å². The molecule has 0 bridgehead atoms. The molecule has 0 aromatic heterocycles. The molecule has 0 fully saturated rings. The zero-order valence-electron chi connectivity index (χ0n) is 6.26. The lowest BCUT2D eigenvalue weighted by atomic mass is 10.3. The van der Waals surface area contributed by atoms with Crippen LogP contribution in [0.15, 0.2) is 23.1 Å². The van der Waals surface area contributed by atoms with Crippen LogP contribution in [-0.4, -0.2) is 11.5 Å². The van der Waals surface area contributed by atoms with E-state index in [0.29, 0.717) is 0 Å². The summed E-state index contributed by atoms with van der Waals surface area (Å²) in [5.41, 5.74) is 0. The van der Waals surface area contributed by atoms with Gasteiger partial charge in [0.1, 0.15) is 0 Å². The van der Waals surface area contributed by atoms with Gasteiger partial charge in [0.15, 0.2) is 11.6 Å². The van der Waals surface area contributed by atoms with Crippen molar-refractivity contribution in [2.75, 3.05) is 11.5 Å². The predicted octanol–water partition coefficient (Wildman–Crippen LogP) is 2.99. The molecule has 1 aromatic carbocycles. The summed E-state index contributed by atoms with van der Waals surface area (Å²) in [6.07, 6.45) is 0. The van der Waals surface area contributed by atoms with Crippen LogP contribution >= 0.6 is 24.4 Å². The van der Waals surface area contributed by atoms with E-state index >= 15 is 0 Å². The Kier molecular flexibility index (Phi) is 3.88. The average Bonchev–Trinajstić information content (AvgIpc) is 2.07. The van der Waals surface area contributed by atoms with Crippen LogP contribution in [-0.2, 0) is 0 Å². The van der Waals surface area contributed by atoms with Gasteiger partial charge >= 0.3 is 0 Å². The third-order valence-corrected chi connectivity index (χ3v) is 2.77. The Morgan fingerprint density at radius 1 is 1.25 bits per heavy atom. The molecule has 0 aliphatic rings. The van der Waals surface area contributed by atoms with Gasteiger partial charge in [-0.3, -0.25) is 0 Å². The Morgan fingerprint density at radius 2 is 2.00 bits per heavy atom. The lowest BCUT2D eigenvalue weighted by molar-refractivity contribution is 0.506. The molecule has 1 aromatic rings. The zero-order chi connectivity index (χ0) is 8.97. The van der Waals surface area contributed by atoms with Gasteiger partial charge in [-0.05, 0) is 24.0 Å². The maximum atomic E-state index is 12.6. The standard InChI is InChI=1S/C8H8F2S2/c9-7-2-1-6(5-8(7)10)12-4-3-11/h1-2,5,11H,3-4H2. The second kappa shape index (κ2) is 4.72. The van der Waals surface area contributed by atoms with Crippen molar-refractivity contribution in [3.63, 3.8) is 0 Å². The van der Waals surface area contributed by atoms with Crippen LogP contribution in [0.1, 0.15) is 0 Å². The quantitative estimate of drug-likeness (QED) is 0.586.